The largest absolute Gasteiger partial charge is 0.573 e. The molecular formula is C22H26F3NO3S. The molecule has 1 aromatic heterocycles. The van der Waals surface area contributed by atoms with Crippen LogP contribution in [0, 0.1) is 17.3 Å². The standard InChI is InChI=1S/C22H26F3NO3S/c1-21(2,3)16-9-15(20(27)28)11-26(12-16)13-18-7-8-19(30-18)14-5-4-6-17(10-14)29-22(23,24)25/h4-8,10,15-16H,9,11-13H2,1-3H3,(H,27,28). The van der Waals surface area contributed by atoms with Gasteiger partial charge in [0, 0.05) is 29.4 Å². The highest BCUT2D eigenvalue weighted by Crippen LogP contribution is 2.37. The first-order valence-electron chi connectivity index (χ1n) is 9.81. The zero-order chi connectivity index (χ0) is 22.1. The summed E-state index contributed by atoms with van der Waals surface area (Å²) in [5.41, 5.74) is 0.675. The van der Waals surface area contributed by atoms with Crippen molar-refractivity contribution in [2.75, 3.05) is 13.1 Å². The third-order valence-electron chi connectivity index (χ3n) is 5.49. The van der Waals surface area contributed by atoms with Gasteiger partial charge in [0.25, 0.3) is 0 Å². The smallest absolute Gasteiger partial charge is 0.481 e. The lowest BCUT2D eigenvalue weighted by molar-refractivity contribution is -0.274. The van der Waals surface area contributed by atoms with Gasteiger partial charge in [-0.05, 0) is 47.6 Å². The first kappa shape index (κ1) is 22.6. The number of benzene rings is 1. The number of carbonyl (C=O) groups is 1. The Morgan fingerprint density at radius 3 is 2.57 bits per heavy atom. The van der Waals surface area contributed by atoms with Crippen LogP contribution in [0.15, 0.2) is 36.4 Å². The number of nitrogens with zero attached hydrogens (tertiary/aromatic N) is 1. The van der Waals surface area contributed by atoms with Crippen molar-refractivity contribution in [2.24, 2.45) is 17.3 Å². The van der Waals surface area contributed by atoms with Gasteiger partial charge in [-0.3, -0.25) is 9.69 Å². The van der Waals surface area contributed by atoms with E-state index in [-0.39, 0.29) is 17.1 Å². The Morgan fingerprint density at radius 2 is 1.93 bits per heavy atom. The molecule has 1 aliphatic heterocycles. The topological polar surface area (TPSA) is 49.8 Å². The highest BCUT2D eigenvalue weighted by molar-refractivity contribution is 7.15. The number of rotatable bonds is 5. The normalized spacial score (nSPS) is 20.9. The molecule has 8 heteroatoms. The van der Waals surface area contributed by atoms with Crippen LogP contribution < -0.4 is 4.74 Å². The molecule has 164 valence electrons. The molecule has 2 heterocycles. The van der Waals surface area contributed by atoms with Gasteiger partial charge in [0.15, 0.2) is 0 Å². The number of halogens is 3. The molecule has 0 aliphatic carbocycles. The van der Waals surface area contributed by atoms with E-state index in [0.29, 0.717) is 25.1 Å². The van der Waals surface area contributed by atoms with Crippen LogP contribution in [0.1, 0.15) is 32.1 Å². The number of carboxylic acids is 1. The van der Waals surface area contributed by atoms with Crippen molar-refractivity contribution in [1.29, 1.82) is 0 Å². The van der Waals surface area contributed by atoms with Crippen molar-refractivity contribution in [3.63, 3.8) is 0 Å². The zero-order valence-corrected chi connectivity index (χ0v) is 18.0. The van der Waals surface area contributed by atoms with Crippen LogP contribution in [0.5, 0.6) is 5.75 Å². The van der Waals surface area contributed by atoms with E-state index in [1.807, 2.05) is 12.1 Å². The molecule has 0 amide bonds. The third-order valence-corrected chi connectivity index (χ3v) is 6.61. The lowest BCUT2D eigenvalue weighted by Crippen LogP contribution is -2.46. The molecule has 3 rings (SSSR count). The van der Waals surface area contributed by atoms with Crippen LogP contribution in [-0.4, -0.2) is 35.4 Å². The molecule has 1 aromatic carbocycles. The van der Waals surface area contributed by atoms with Gasteiger partial charge >= 0.3 is 12.3 Å². The molecule has 30 heavy (non-hydrogen) atoms. The molecule has 1 aliphatic rings. The number of thiophene rings is 1. The van der Waals surface area contributed by atoms with E-state index in [0.717, 1.165) is 16.3 Å². The highest BCUT2D eigenvalue weighted by atomic mass is 32.1. The molecule has 2 aromatic rings. The van der Waals surface area contributed by atoms with Crippen molar-refractivity contribution < 1.29 is 27.8 Å². The van der Waals surface area contributed by atoms with Crippen LogP contribution in [0.4, 0.5) is 13.2 Å². The van der Waals surface area contributed by atoms with Gasteiger partial charge in [-0.2, -0.15) is 0 Å². The average molecular weight is 442 g/mol. The fourth-order valence-corrected chi connectivity index (χ4v) is 4.86. The van der Waals surface area contributed by atoms with E-state index in [1.54, 1.807) is 6.07 Å². The second kappa shape index (κ2) is 8.59. The number of piperidine rings is 1. The molecule has 0 bridgehead atoms. The number of hydrogen-bond acceptors (Lipinski definition) is 4. The lowest BCUT2D eigenvalue weighted by Gasteiger charge is -2.42. The maximum absolute atomic E-state index is 12.5. The number of ether oxygens (including phenoxy) is 1. The molecule has 0 saturated carbocycles. The fourth-order valence-electron chi connectivity index (χ4n) is 3.81. The number of carboxylic acid groups (broad SMARTS) is 1. The maximum atomic E-state index is 12.5. The minimum Gasteiger partial charge on any atom is -0.481 e. The molecule has 2 unspecified atom stereocenters. The molecule has 4 nitrogen and oxygen atoms in total. The second-order valence-electron chi connectivity index (χ2n) is 8.87. The summed E-state index contributed by atoms with van der Waals surface area (Å²) in [4.78, 5) is 15.7. The Kier molecular flexibility index (Phi) is 6.48. The minimum absolute atomic E-state index is 0.0197. The van der Waals surface area contributed by atoms with Gasteiger partial charge < -0.3 is 9.84 Å². The van der Waals surface area contributed by atoms with Crippen LogP contribution in [0.2, 0.25) is 0 Å². The average Bonchev–Trinajstić information content (AvgIpc) is 3.08. The van der Waals surface area contributed by atoms with E-state index < -0.39 is 18.2 Å². The predicted molar refractivity (Wildman–Crippen MR) is 110 cm³/mol. The number of aliphatic carboxylic acids is 1. The molecule has 0 spiro atoms. The van der Waals surface area contributed by atoms with Crippen molar-refractivity contribution >= 4 is 17.3 Å². The Labute approximate surface area is 178 Å². The summed E-state index contributed by atoms with van der Waals surface area (Å²) in [5, 5.41) is 9.55. The Hall–Kier alpha value is -2.06. The van der Waals surface area contributed by atoms with Gasteiger partial charge in [0.1, 0.15) is 5.75 Å². The summed E-state index contributed by atoms with van der Waals surface area (Å²) in [6, 6.07) is 9.76. The predicted octanol–water partition coefficient (Wildman–Crippen LogP) is 5.88. The Balaban J connectivity index is 1.73. The minimum atomic E-state index is -4.72. The Bertz CT molecular complexity index is 888. The fraction of sp³-hybridized carbons (Fsp3) is 0.500. The van der Waals surface area contributed by atoms with Crippen molar-refractivity contribution in [3.8, 4) is 16.2 Å². The SMILES string of the molecule is CC(C)(C)C1CC(C(=O)O)CN(Cc2ccc(-c3cccc(OC(F)(F)F)c3)s2)C1. The van der Waals surface area contributed by atoms with E-state index in [2.05, 4.69) is 30.4 Å². The van der Waals surface area contributed by atoms with Gasteiger partial charge in [-0.15, -0.1) is 24.5 Å². The van der Waals surface area contributed by atoms with Crippen molar-refractivity contribution in [3.05, 3.63) is 41.3 Å². The number of hydrogen-bond donors (Lipinski definition) is 1. The van der Waals surface area contributed by atoms with Crippen LogP contribution in [-0.2, 0) is 11.3 Å². The molecule has 1 fully saturated rings. The van der Waals surface area contributed by atoms with E-state index in [9.17, 15) is 23.1 Å². The Morgan fingerprint density at radius 1 is 1.20 bits per heavy atom. The number of alkyl halides is 3. The first-order chi connectivity index (χ1) is 13.9. The molecular weight excluding hydrogens is 415 g/mol. The molecule has 0 radical (unpaired) electrons. The van der Waals surface area contributed by atoms with E-state index in [4.69, 9.17) is 0 Å². The van der Waals surface area contributed by atoms with Gasteiger partial charge in [0.05, 0.1) is 5.92 Å². The monoisotopic (exact) mass is 441 g/mol. The summed E-state index contributed by atoms with van der Waals surface area (Å²) < 4.78 is 41.4. The first-order valence-corrected chi connectivity index (χ1v) is 10.6. The van der Waals surface area contributed by atoms with Gasteiger partial charge in [-0.1, -0.05) is 32.9 Å². The maximum Gasteiger partial charge on any atom is 0.573 e. The van der Waals surface area contributed by atoms with E-state index >= 15 is 0 Å². The van der Waals surface area contributed by atoms with Gasteiger partial charge in [0.2, 0.25) is 0 Å². The van der Waals surface area contributed by atoms with Crippen molar-refractivity contribution in [2.45, 2.75) is 40.1 Å². The molecule has 2 atom stereocenters. The summed E-state index contributed by atoms with van der Waals surface area (Å²) in [5.74, 6) is -1.12. The molecule has 1 saturated heterocycles. The quantitative estimate of drug-likeness (QED) is 0.629. The highest BCUT2D eigenvalue weighted by Gasteiger charge is 2.37. The van der Waals surface area contributed by atoms with Crippen LogP contribution >= 0.6 is 11.3 Å². The third kappa shape index (κ3) is 5.98. The summed E-state index contributed by atoms with van der Waals surface area (Å²) in [6.45, 7) is 8.37. The summed E-state index contributed by atoms with van der Waals surface area (Å²) >= 11 is 1.50. The van der Waals surface area contributed by atoms with Gasteiger partial charge in [-0.25, -0.2) is 0 Å². The zero-order valence-electron chi connectivity index (χ0n) is 17.2. The summed E-state index contributed by atoms with van der Waals surface area (Å²) in [6.07, 6.45) is -4.05. The van der Waals surface area contributed by atoms with Crippen molar-refractivity contribution in [1.82, 2.24) is 4.90 Å². The lowest BCUT2D eigenvalue weighted by atomic mass is 9.73. The number of likely N-dealkylation sites (tertiary alicyclic amines) is 1. The van der Waals surface area contributed by atoms with Crippen LogP contribution in [0.3, 0.4) is 0 Å². The van der Waals surface area contributed by atoms with E-state index in [1.165, 1.54) is 29.5 Å². The summed E-state index contributed by atoms with van der Waals surface area (Å²) in [7, 11) is 0. The molecule has 1 N–H and O–H groups in total. The second-order valence-corrected chi connectivity index (χ2v) is 10.0. The van der Waals surface area contributed by atoms with Crippen LogP contribution in [0.25, 0.3) is 10.4 Å².